The predicted octanol–water partition coefficient (Wildman–Crippen LogP) is 1.72. The van der Waals surface area contributed by atoms with Crippen LogP contribution in [0.3, 0.4) is 0 Å². The second kappa shape index (κ2) is 12.0. The SMILES string of the molecule is C=C(C)CNC(=NCc1ccc(C)cc1OCCOC)NCC(=O)N(C)C. The Morgan fingerprint density at radius 2 is 1.93 bits per heavy atom. The van der Waals surface area contributed by atoms with Gasteiger partial charge >= 0.3 is 0 Å². The first kappa shape index (κ1) is 22.5. The van der Waals surface area contributed by atoms with Gasteiger partial charge in [-0.05, 0) is 25.5 Å². The first-order valence-electron chi connectivity index (χ1n) is 8.91. The molecule has 150 valence electrons. The second-order valence-electron chi connectivity index (χ2n) is 6.57. The van der Waals surface area contributed by atoms with Gasteiger partial charge in [0.05, 0.1) is 19.7 Å². The minimum atomic E-state index is -0.0289. The number of nitrogens with one attached hydrogen (secondary N) is 2. The molecule has 1 aromatic carbocycles. The number of carbonyl (C=O) groups excluding carboxylic acids is 1. The molecule has 0 unspecified atom stereocenters. The molecule has 0 bridgehead atoms. The Labute approximate surface area is 162 Å². The summed E-state index contributed by atoms with van der Waals surface area (Å²) in [7, 11) is 5.08. The summed E-state index contributed by atoms with van der Waals surface area (Å²) in [4.78, 5) is 17.9. The number of benzene rings is 1. The van der Waals surface area contributed by atoms with Crippen molar-refractivity contribution in [3.8, 4) is 5.75 Å². The molecule has 7 nitrogen and oxygen atoms in total. The van der Waals surface area contributed by atoms with Crippen LogP contribution in [0.15, 0.2) is 35.3 Å². The standard InChI is InChI=1S/C20H32N4O3/c1-15(2)12-21-20(23-14-19(25)24(4)5)22-13-17-8-7-16(3)11-18(17)27-10-9-26-6/h7-8,11H,1,9-10,12-14H2,2-6H3,(H2,21,22,23). The first-order valence-corrected chi connectivity index (χ1v) is 8.91. The van der Waals surface area contributed by atoms with Crippen LogP contribution in [0.1, 0.15) is 18.1 Å². The number of nitrogens with zero attached hydrogens (tertiary/aromatic N) is 2. The monoisotopic (exact) mass is 376 g/mol. The van der Waals surface area contributed by atoms with Crippen LogP contribution in [0.5, 0.6) is 5.75 Å². The smallest absolute Gasteiger partial charge is 0.241 e. The molecule has 0 atom stereocenters. The molecular weight excluding hydrogens is 344 g/mol. The number of aliphatic imine (C=N–C) groups is 1. The number of methoxy groups -OCH3 is 1. The number of hydrogen-bond acceptors (Lipinski definition) is 4. The molecular formula is C20H32N4O3. The van der Waals surface area contributed by atoms with E-state index in [2.05, 4.69) is 22.2 Å². The van der Waals surface area contributed by atoms with Crippen molar-refractivity contribution >= 4 is 11.9 Å². The van der Waals surface area contributed by atoms with Gasteiger partial charge in [-0.25, -0.2) is 4.99 Å². The lowest BCUT2D eigenvalue weighted by atomic mass is 10.1. The fourth-order valence-corrected chi connectivity index (χ4v) is 2.05. The van der Waals surface area contributed by atoms with E-state index in [0.29, 0.717) is 32.3 Å². The van der Waals surface area contributed by atoms with E-state index in [1.165, 1.54) is 4.90 Å². The van der Waals surface area contributed by atoms with E-state index in [9.17, 15) is 4.79 Å². The maximum absolute atomic E-state index is 11.8. The molecule has 0 aliphatic carbocycles. The van der Waals surface area contributed by atoms with Gasteiger partial charge in [-0.1, -0.05) is 24.3 Å². The number of guanidine groups is 1. The Morgan fingerprint density at radius 1 is 1.22 bits per heavy atom. The maximum atomic E-state index is 11.8. The van der Waals surface area contributed by atoms with Crippen LogP contribution in [-0.2, 0) is 16.1 Å². The third kappa shape index (κ3) is 9.10. The Hall–Kier alpha value is -2.54. The molecule has 0 fully saturated rings. The highest BCUT2D eigenvalue weighted by atomic mass is 16.5. The van der Waals surface area contributed by atoms with E-state index in [1.54, 1.807) is 21.2 Å². The van der Waals surface area contributed by atoms with E-state index in [4.69, 9.17) is 9.47 Å². The predicted molar refractivity (Wildman–Crippen MR) is 109 cm³/mol. The third-order valence-corrected chi connectivity index (χ3v) is 3.64. The molecule has 27 heavy (non-hydrogen) atoms. The maximum Gasteiger partial charge on any atom is 0.241 e. The molecule has 0 spiro atoms. The van der Waals surface area contributed by atoms with Gasteiger partial charge in [0.15, 0.2) is 5.96 Å². The van der Waals surface area contributed by atoms with Crippen molar-refractivity contribution in [1.29, 1.82) is 0 Å². The number of likely N-dealkylation sites (N-methyl/N-ethyl adjacent to an activating group) is 1. The third-order valence-electron chi connectivity index (χ3n) is 3.64. The van der Waals surface area contributed by atoms with Crippen LogP contribution in [-0.4, -0.2) is 64.3 Å². The zero-order valence-electron chi connectivity index (χ0n) is 17.1. The van der Waals surface area contributed by atoms with Crippen LogP contribution >= 0.6 is 0 Å². The van der Waals surface area contributed by atoms with Gasteiger partial charge in [0, 0.05) is 33.3 Å². The number of carbonyl (C=O) groups is 1. The van der Waals surface area contributed by atoms with Crippen LogP contribution < -0.4 is 15.4 Å². The minimum Gasteiger partial charge on any atom is -0.491 e. The molecule has 7 heteroatoms. The molecule has 1 aromatic rings. The summed E-state index contributed by atoms with van der Waals surface area (Å²) < 4.78 is 10.9. The van der Waals surface area contributed by atoms with Crippen molar-refractivity contribution in [3.05, 3.63) is 41.5 Å². The van der Waals surface area contributed by atoms with Crippen LogP contribution in [0.4, 0.5) is 0 Å². The van der Waals surface area contributed by atoms with Gasteiger partial charge in [-0.3, -0.25) is 4.79 Å². The van der Waals surface area contributed by atoms with Crippen LogP contribution in [0.25, 0.3) is 0 Å². The molecule has 2 N–H and O–H groups in total. The van der Waals surface area contributed by atoms with Gasteiger partial charge in [-0.15, -0.1) is 0 Å². The van der Waals surface area contributed by atoms with Gasteiger partial charge < -0.3 is 25.0 Å². The zero-order chi connectivity index (χ0) is 20.2. The van der Waals surface area contributed by atoms with E-state index in [-0.39, 0.29) is 12.5 Å². The largest absolute Gasteiger partial charge is 0.491 e. The topological polar surface area (TPSA) is 75.2 Å². The van der Waals surface area contributed by atoms with E-state index in [0.717, 1.165) is 22.4 Å². The molecule has 1 rings (SSSR count). The molecule has 0 aromatic heterocycles. The second-order valence-corrected chi connectivity index (χ2v) is 6.57. The lowest BCUT2D eigenvalue weighted by Crippen LogP contribution is -2.43. The molecule has 0 saturated carbocycles. The Bertz CT molecular complexity index is 657. The zero-order valence-corrected chi connectivity index (χ0v) is 17.1. The number of amides is 1. The van der Waals surface area contributed by atoms with Gasteiger partial charge in [0.2, 0.25) is 5.91 Å². The van der Waals surface area contributed by atoms with E-state index < -0.39 is 0 Å². The fourth-order valence-electron chi connectivity index (χ4n) is 2.05. The molecule has 0 saturated heterocycles. The van der Waals surface area contributed by atoms with E-state index in [1.807, 2.05) is 32.0 Å². The average molecular weight is 377 g/mol. The molecule has 0 heterocycles. The quantitative estimate of drug-likeness (QED) is 0.281. The highest BCUT2D eigenvalue weighted by molar-refractivity contribution is 5.86. The summed E-state index contributed by atoms with van der Waals surface area (Å²) in [6.07, 6.45) is 0. The molecule has 1 amide bonds. The summed E-state index contributed by atoms with van der Waals surface area (Å²) in [6.45, 7) is 10.00. The number of rotatable bonds is 10. The highest BCUT2D eigenvalue weighted by Crippen LogP contribution is 2.21. The fraction of sp³-hybridized carbons (Fsp3) is 0.500. The molecule has 0 aliphatic heterocycles. The highest BCUT2D eigenvalue weighted by Gasteiger charge is 2.08. The van der Waals surface area contributed by atoms with Crippen molar-refractivity contribution in [1.82, 2.24) is 15.5 Å². The first-order chi connectivity index (χ1) is 12.8. The molecule has 0 aliphatic rings. The van der Waals surface area contributed by atoms with Crippen LogP contribution in [0, 0.1) is 6.92 Å². The van der Waals surface area contributed by atoms with Gasteiger partial charge in [0.25, 0.3) is 0 Å². The van der Waals surface area contributed by atoms with Crippen molar-refractivity contribution in [2.45, 2.75) is 20.4 Å². The average Bonchev–Trinajstić information content (AvgIpc) is 2.61. The Kier molecular flexibility index (Phi) is 9.96. The summed E-state index contributed by atoms with van der Waals surface area (Å²) in [6, 6.07) is 6.02. The Morgan fingerprint density at radius 3 is 2.56 bits per heavy atom. The van der Waals surface area contributed by atoms with Crippen molar-refractivity contribution in [3.63, 3.8) is 0 Å². The molecule has 0 radical (unpaired) electrons. The summed E-state index contributed by atoms with van der Waals surface area (Å²) in [5.41, 5.74) is 3.06. The number of aryl methyl sites for hydroxylation is 1. The number of ether oxygens (including phenoxy) is 2. The van der Waals surface area contributed by atoms with Crippen molar-refractivity contribution < 1.29 is 14.3 Å². The van der Waals surface area contributed by atoms with E-state index >= 15 is 0 Å². The normalized spacial score (nSPS) is 11.1. The van der Waals surface area contributed by atoms with Crippen molar-refractivity contribution in [2.75, 3.05) is 47.5 Å². The summed E-state index contributed by atoms with van der Waals surface area (Å²) in [5.74, 6) is 1.31. The minimum absolute atomic E-state index is 0.0289. The van der Waals surface area contributed by atoms with Gasteiger partial charge in [0.1, 0.15) is 12.4 Å². The Balaban J connectivity index is 2.86. The lowest BCUT2D eigenvalue weighted by molar-refractivity contribution is -0.127. The number of hydrogen-bond donors (Lipinski definition) is 2. The lowest BCUT2D eigenvalue weighted by Gasteiger charge is -2.16. The summed E-state index contributed by atoms with van der Waals surface area (Å²) in [5, 5.41) is 6.23. The van der Waals surface area contributed by atoms with Gasteiger partial charge in [-0.2, -0.15) is 0 Å². The summed E-state index contributed by atoms with van der Waals surface area (Å²) >= 11 is 0. The van der Waals surface area contributed by atoms with Crippen molar-refractivity contribution in [2.24, 2.45) is 4.99 Å². The van der Waals surface area contributed by atoms with Crippen LogP contribution in [0.2, 0.25) is 0 Å².